The van der Waals surface area contributed by atoms with Crippen LogP contribution in [0.2, 0.25) is 0 Å². The van der Waals surface area contributed by atoms with Gasteiger partial charge in [-0.15, -0.1) is 18.3 Å². The van der Waals surface area contributed by atoms with Crippen LogP contribution in [0.5, 0.6) is 0 Å². The number of esters is 1. The number of carbonyl (C=O) groups is 4. The Balaban J connectivity index is 1.34. The molecule has 0 saturated carbocycles. The summed E-state index contributed by atoms with van der Waals surface area (Å²) in [5.74, 6) is -3.72. The molecule has 3 aliphatic heterocycles. The fourth-order valence-electron chi connectivity index (χ4n) is 8.34. The number of hydrogen-bond acceptors (Lipinski definition) is 10. The molecule has 55 heavy (non-hydrogen) atoms. The Morgan fingerprint density at radius 2 is 1.89 bits per heavy atom. The van der Waals surface area contributed by atoms with Gasteiger partial charge in [0.2, 0.25) is 17.7 Å². The molecule has 294 valence electrons. The lowest BCUT2D eigenvalue weighted by Crippen LogP contribution is -2.57. The lowest BCUT2D eigenvalue weighted by molar-refractivity contribution is -0.163. The largest absolute Gasteiger partial charge is 0.455 e. The van der Waals surface area contributed by atoms with E-state index in [0.717, 1.165) is 5.52 Å². The SMILES string of the molecule is C=CCCC(=O)N[C@H](COC)[C@H](OC(=O)[C@@H]1[C@H]2O[C@@]3(CC2Br)[C@H](C(=O)N(CC=C)Cn2nnc4ccccc42)N(CCCCCO)C(=O)[C@@H]13)c1ccccc1. The van der Waals surface area contributed by atoms with Crippen LogP contribution in [0.25, 0.3) is 11.0 Å². The number of hydrogen-bond donors (Lipinski definition) is 2. The van der Waals surface area contributed by atoms with Gasteiger partial charge in [-0.2, -0.15) is 0 Å². The molecule has 2 bridgehead atoms. The number of para-hydroxylation sites is 1. The molecule has 6 rings (SSSR count). The number of amides is 3. The van der Waals surface area contributed by atoms with Crippen molar-refractivity contribution in [3.05, 3.63) is 85.5 Å². The quantitative estimate of drug-likeness (QED) is 0.0744. The normalized spacial score (nSPS) is 25.0. The van der Waals surface area contributed by atoms with Gasteiger partial charge in [-0.05, 0) is 49.8 Å². The molecule has 15 heteroatoms. The van der Waals surface area contributed by atoms with E-state index in [0.29, 0.717) is 43.2 Å². The number of fused-ring (bicyclic) bond motifs is 2. The maximum atomic E-state index is 15.0. The standard InChI is InChI=1S/C40H49BrN6O8/c1-4-6-19-31(49)42-29(24-53-3)34(26-15-9-7-10-16-26)54-39(52)32-33-37(50)46(21-13-8-14-22-48)36(40(33)23-27(41)35(32)55-40)38(51)45(20-5-2)25-47-30-18-12-11-17-28(30)43-44-47/h4-5,7,9-12,15-18,27,29,32-36,48H,1-2,6,8,13-14,19-25H2,3H3,(H,42,49)/t27?,29-,32+,33-,34-,35+,36+,40-/m1/s1. The van der Waals surface area contributed by atoms with E-state index in [-0.39, 0.29) is 61.9 Å². The number of methoxy groups -OCH3 is 1. The van der Waals surface area contributed by atoms with Crippen molar-refractivity contribution in [2.75, 3.05) is 33.4 Å². The predicted octanol–water partition coefficient (Wildman–Crippen LogP) is 3.70. The fourth-order valence-corrected chi connectivity index (χ4v) is 9.29. The molecule has 1 spiro atoms. The maximum absolute atomic E-state index is 15.0. The van der Waals surface area contributed by atoms with Crippen LogP contribution in [-0.2, 0) is 40.1 Å². The van der Waals surface area contributed by atoms with E-state index < -0.39 is 47.7 Å². The van der Waals surface area contributed by atoms with Crippen LogP contribution in [0.15, 0.2) is 79.9 Å². The number of allylic oxidation sites excluding steroid dienone is 1. The van der Waals surface area contributed by atoms with Gasteiger partial charge >= 0.3 is 5.97 Å². The summed E-state index contributed by atoms with van der Waals surface area (Å²) in [5, 5.41) is 21.0. The minimum atomic E-state index is -1.34. The third-order valence-electron chi connectivity index (χ3n) is 10.7. The van der Waals surface area contributed by atoms with Gasteiger partial charge in [-0.1, -0.05) is 75.8 Å². The van der Waals surface area contributed by atoms with Crippen LogP contribution < -0.4 is 5.32 Å². The molecular formula is C40H49BrN6O8. The summed E-state index contributed by atoms with van der Waals surface area (Å²) >= 11 is 3.75. The molecule has 2 N–H and O–H groups in total. The van der Waals surface area contributed by atoms with Gasteiger partial charge in [0.15, 0.2) is 0 Å². The smallest absolute Gasteiger partial charge is 0.313 e. The Morgan fingerprint density at radius 1 is 1.13 bits per heavy atom. The molecule has 8 atom stereocenters. The lowest BCUT2D eigenvalue weighted by Gasteiger charge is -2.37. The van der Waals surface area contributed by atoms with Gasteiger partial charge in [0.1, 0.15) is 29.9 Å². The molecular weight excluding hydrogens is 772 g/mol. The first-order valence-electron chi connectivity index (χ1n) is 18.7. The summed E-state index contributed by atoms with van der Waals surface area (Å²) in [6, 6.07) is 14.7. The number of carbonyl (C=O) groups excluding carboxylic acids is 4. The first-order chi connectivity index (χ1) is 26.7. The molecule has 3 aliphatic rings. The second kappa shape index (κ2) is 18.0. The maximum Gasteiger partial charge on any atom is 0.313 e. The molecule has 1 unspecified atom stereocenters. The first-order valence-corrected chi connectivity index (χ1v) is 19.7. The molecule has 4 heterocycles. The van der Waals surface area contributed by atoms with Gasteiger partial charge in [0, 0.05) is 38.1 Å². The third-order valence-corrected chi connectivity index (χ3v) is 11.6. The van der Waals surface area contributed by atoms with Gasteiger partial charge in [0.25, 0.3) is 0 Å². The van der Waals surface area contributed by atoms with E-state index in [4.69, 9.17) is 14.2 Å². The summed E-state index contributed by atoms with van der Waals surface area (Å²) in [7, 11) is 1.50. The van der Waals surface area contributed by atoms with Crippen LogP contribution in [0.1, 0.15) is 50.2 Å². The molecule has 3 saturated heterocycles. The Labute approximate surface area is 329 Å². The Kier molecular flexibility index (Phi) is 13.2. The number of benzene rings is 2. The van der Waals surface area contributed by atoms with Crippen molar-refractivity contribution in [3.8, 4) is 0 Å². The summed E-state index contributed by atoms with van der Waals surface area (Å²) in [5.41, 5.74) is 0.702. The number of alkyl halides is 1. The van der Waals surface area contributed by atoms with Crippen molar-refractivity contribution >= 4 is 50.7 Å². The van der Waals surface area contributed by atoms with Crippen molar-refractivity contribution in [3.63, 3.8) is 0 Å². The molecule has 2 aromatic carbocycles. The highest BCUT2D eigenvalue weighted by atomic mass is 79.9. The van der Waals surface area contributed by atoms with Crippen LogP contribution in [-0.4, -0.2) is 116 Å². The zero-order chi connectivity index (χ0) is 39.1. The van der Waals surface area contributed by atoms with E-state index in [1.165, 1.54) is 7.11 Å². The second-order valence-corrected chi connectivity index (χ2v) is 15.4. The molecule has 14 nitrogen and oxygen atoms in total. The zero-order valence-electron chi connectivity index (χ0n) is 31.0. The molecule has 3 aromatic rings. The molecule has 1 aromatic heterocycles. The van der Waals surface area contributed by atoms with E-state index in [1.54, 1.807) is 38.8 Å². The average Bonchev–Trinajstić information content (AvgIpc) is 3.91. The molecule has 3 amide bonds. The van der Waals surface area contributed by atoms with E-state index >= 15 is 0 Å². The predicted molar refractivity (Wildman–Crippen MR) is 206 cm³/mol. The van der Waals surface area contributed by atoms with Crippen molar-refractivity contribution in [2.45, 2.75) is 79.9 Å². The van der Waals surface area contributed by atoms with Crippen molar-refractivity contribution in [1.29, 1.82) is 0 Å². The Hall–Kier alpha value is -4.44. The Morgan fingerprint density at radius 3 is 2.62 bits per heavy atom. The van der Waals surface area contributed by atoms with Gasteiger partial charge in [-0.3, -0.25) is 19.2 Å². The minimum Gasteiger partial charge on any atom is -0.455 e. The first kappa shape index (κ1) is 40.2. The highest BCUT2D eigenvalue weighted by Gasteiger charge is 2.77. The minimum absolute atomic E-state index is 0.00711. The van der Waals surface area contributed by atoms with Crippen LogP contribution in [0.4, 0.5) is 0 Å². The number of unbranched alkanes of at least 4 members (excludes halogenated alkanes) is 2. The third kappa shape index (κ3) is 8.11. The van der Waals surface area contributed by atoms with Crippen molar-refractivity contribution < 1.29 is 38.5 Å². The number of aliphatic hydroxyl groups is 1. The monoisotopic (exact) mass is 820 g/mol. The van der Waals surface area contributed by atoms with Crippen LogP contribution in [0.3, 0.4) is 0 Å². The molecule has 3 fully saturated rings. The van der Waals surface area contributed by atoms with Crippen LogP contribution >= 0.6 is 15.9 Å². The number of halogens is 1. The second-order valence-electron chi connectivity index (χ2n) is 14.3. The fraction of sp³-hybridized carbons (Fsp3) is 0.500. The summed E-state index contributed by atoms with van der Waals surface area (Å²) in [6.07, 6.45) is 4.23. The number of aliphatic hydroxyl groups excluding tert-OH is 1. The van der Waals surface area contributed by atoms with E-state index in [2.05, 4.69) is 44.7 Å². The summed E-state index contributed by atoms with van der Waals surface area (Å²) < 4.78 is 20.2. The zero-order valence-corrected chi connectivity index (χ0v) is 32.6. The van der Waals surface area contributed by atoms with Gasteiger partial charge in [-0.25, -0.2) is 4.68 Å². The lowest BCUT2D eigenvalue weighted by atomic mass is 9.70. The number of rotatable bonds is 20. The Bertz CT molecular complexity index is 1860. The molecule has 0 aliphatic carbocycles. The average molecular weight is 822 g/mol. The molecule has 0 radical (unpaired) electrons. The van der Waals surface area contributed by atoms with Crippen molar-refractivity contribution in [1.82, 2.24) is 30.1 Å². The van der Waals surface area contributed by atoms with Crippen LogP contribution in [0, 0.1) is 11.8 Å². The summed E-state index contributed by atoms with van der Waals surface area (Å²) in [6.45, 7) is 8.07. The topological polar surface area (TPSA) is 165 Å². The highest BCUT2D eigenvalue weighted by Crippen LogP contribution is 2.60. The van der Waals surface area contributed by atoms with Gasteiger partial charge in [0.05, 0.1) is 36.1 Å². The van der Waals surface area contributed by atoms with Gasteiger partial charge < -0.3 is 34.4 Å². The van der Waals surface area contributed by atoms with Crippen molar-refractivity contribution in [2.24, 2.45) is 11.8 Å². The van der Waals surface area contributed by atoms with E-state index in [1.807, 2.05) is 42.5 Å². The number of likely N-dealkylation sites (tertiary alicyclic amines) is 1. The number of nitrogens with zero attached hydrogens (tertiary/aromatic N) is 5. The highest BCUT2D eigenvalue weighted by molar-refractivity contribution is 9.09. The number of ether oxygens (including phenoxy) is 3. The van der Waals surface area contributed by atoms with E-state index in [9.17, 15) is 24.3 Å². The summed E-state index contributed by atoms with van der Waals surface area (Å²) in [4.78, 5) is 60.1. The number of nitrogens with one attached hydrogen (secondary N) is 1. The number of aromatic nitrogens is 3.